The number of halogens is 1. The lowest BCUT2D eigenvalue weighted by Crippen LogP contribution is -1.69. The SMILES string of the molecule is CC(C)I.O=P(O)(O)O. The molecule has 0 aromatic rings. The summed E-state index contributed by atoms with van der Waals surface area (Å²) in [5, 5.41) is 0. The van der Waals surface area contributed by atoms with E-state index in [4.69, 9.17) is 19.2 Å². The average Bonchev–Trinajstić information content (AvgIpc) is 1.19. The number of phosphoric acid groups is 1. The molecule has 0 heterocycles. The van der Waals surface area contributed by atoms with Gasteiger partial charge in [0.25, 0.3) is 0 Å². The molecule has 9 heavy (non-hydrogen) atoms. The monoisotopic (exact) mass is 268 g/mol. The zero-order valence-electron chi connectivity index (χ0n) is 5.15. The first-order chi connectivity index (χ1) is 3.73. The van der Waals surface area contributed by atoms with Crippen molar-refractivity contribution < 1.29 is 19.2 Å². The van der Waals surface area contributed by atoms with E-state index in [9.17, 15) is 0 Å². The minimum absolute atomic E-state index is 0.803. The second-order valence-corrected chi connectivity index (χ2v) is 5.04. The number of alkyl halides is 1. The number of rotatable bonds is 0. The topological polar surface area (TPSA) is 77.8 Å². The Hall–Kier alpha value is 0.840. The van der Waals surface area contributed by atoms with E-state index in [2.05, 4.69) is 36.4 Å². The van der Waals surface area contributed by atoms with Crippen LogP contribution in [0.15, 0.2) is 0 Å². The highest BCUT2D eigenvalue weighted by molar-refractivity contribution is 14.1. The van der Waals surface area contributed by atoms with Gasteiger partial charge < -0.3 is 14.7 Å². The van der Waals surface area contributed by atoms with E-state index in [1.54, 1.807) is 0 Å². The molecule has 0 rings (SSSR count). The van der Waals surface area contributed by atoms with Crippen LogP contribution in [0.3, 0.4) is 0 Å². The van der Waals surface area contributed by atoms with Gasteiger partial charge in [0.1, 0.15) is 0 Å². The van der Waals surface area contributed by atoms with Gasteiger partial charge in [0.2, 0.25) is 0 Å². The Labute approximate surface area is 67.7 Å². The fraction of sp³-hybridized carbons (Fsp3) is 1.00. The van der Waals surface area contributed by atoms with Crippen molar-refractivity contribution in [2.45, 2.75) is 17.8 Å². The van der Waals surface area contributed by atoms with E-state index < -0.39 is 7.82 Å². The zero-order valence-corrected chi connectivity index (χ0v) is 8.20. The molecule has 0 saturated carbocycles. The molecule has 0 aromatic heterocycles. The highest BCUT2D eigenvalue weighted by Gasteiger charge is 2.00. The highest BCUT2D eigenvalue weighted by Crippen LogP contribution is 2.25. The Morgan fingerprint density at radius 2 is 1.33 bits per heavy atom. The van der Waals surface area contributed by atoms with E-state index in [1.165, 1.54) is 0 Å². The van der Waals surface area contributed by atoms with E-state index in [0.717, 1.165) is 3.92 Å². The fourth-order valence-corrected chi connectivity index (χ4v) is 0. The maximum atomic E-state index is 8.88. The summed E-state index contributed by atoms with van der Waals surface area (Å²) in [5.41, 5.74) is 0. The summed E-state index contributed by atoms with van der Waals surface area (Å²) in [5.74, 6) is 0. The Kier molecular flexibility index (Phi) is 7.80. The standard InChI is InChI=1S/C3H7I.H3O4P/c1-3(2)4;1-5(2,3)4/h3H,1-2H3;(H3,1,2,3,4). The second-order valence-electron chi connectivity index (χ2n) is 1.53. The quantitative estimate of drug-likeness (QED) is 0.346. The van der Waals surface area contributed by atoms with E-state index in [1.807, 2.05) is 0 Å². The number of hydrogen-bond acceptors (Lipinski definition) is 1. The smallest absolute Gasteiger partial charge is 0.303 e. The van der Waals surface area contributed by atoms with Gasteiger partial charge in [0.05, 0.1) is 0 Å². The van der Waals surface area contributed by atoms with Crippen LogP contribution in [0, 0.1) is 0 Å². The summed E-state index contributed by atoms with van der Waals surface area (Å²) in [7, 11) is -4.64. The zero-order chi connectivity index (χ0) is 8.08. The van der Waals surface area contributed by atoms with Crippen molar-refractivity contribution >= 4 is 30.4 Å². The first-order valence-electron chi connectivity index (χ1n) is 2.16. The molecule has 0 aromatic carbocycles. The van der Waals surface area contributed by atoms with Crippen molar-refractivity contribution in [3.63, 3.8) is 0 Å². The van der Waals surface area contributed by atoms with Crippen molar-refractivity contribution in [2.24, 2.45) is 0 Å². The van der Waals surface area contributed by atoms with Crippen LogP contribution in [-0.2, 0) is 4.57 Å². The van der Waals surface area contributed by atoms with Crippen LogP contribution >= 0.6 is 30.4 Å². The minimum Gasteiger partial charge on any atom is -0.303 e. The van der Waals surface area contributed by atoms with Crippen molar-refractivity contribution in [1.29, 1.82) is 0 Å². The van der Waals surface area contributed by atoms with Gasteiger partial charge in [-0.05, 0) is 0 Å². The predicted octanol–water partition coefficient (Wildman–Crippen LogP) is 0.901. The van der Waals surface area contributed by atoms with Crippen LogP contribution < -0.4 is 0 Å². The van der Waals surface area contributed by atoms with Crippen LogP contribution in [-0.4, -0.2) is 18.6 Å². The van der Waals surface area contributed by atoms with Crippen molar-refractivity contribution in [3.05, 3.63) is 0 Å². The Morgan fingerprint density at radius 1 is 1.33 bits per heavy atom. The maximum absolute atomic E-state index is 8.88. The van der Waals surface area contributed by atoms with Crippen molar-refractivity contribution in [1.82, 2.24) is 0 Å². The van der Waals surface area contributed by atoms with E-state index in [-0.39, 0.29) is 0 Å². The summed E-state index contributed by atoms with van der Waals surface area (Å²) in [6.45, 7) is 4.31. The van der Waals surface area contributed by atoms with Crippen molar-refractivity contribution in [3.8, 4) is 0 Å². The first-order valence-corrected chi connectivity index (χ1v) is 4.97. The molecule has 0 atom stereocenters. The summed E-state index contributed by atoms with van der Waals surface area (Å²) in [6, 6.07) is 0. The predicted molar refractivity (Wildman–Crippen MR) is 43.4 cm³/mol. The lowest BCUT2D eigenvalue weighted by molar-refractivity contribution is 0.275. The molecule has 0 fully saturated rings. The van der Waals surface area contributed by atoms with Crippen LogP contribution in [0.25, 0.3) is 0 Å². The molecular formula is C3H10IO4P. The fourth-order valence-electron chi connectivity index (χ4n) is 0. The molecule has 3 N–H and O–H groups in total. The Balaban J connectivity index is 0. The third kappa shape index (κ3) is 586. The molecule has 0 aliphatic rings. The molecule has 0 unspecified atom stereocenters. The third-order valence-electron chi connectivity index (χ3n) is 0. The Bertz CT molecular complexity index is 87.0. The van der Waals surface area contributed by atoms with Gasteiger partial charge >= 0.3 is 7.82 Å². The van der Waals surface area contributed by atoms with Gasteiger partial charge in [0, 0.05) is 3.92 Å². The average molecular weight is 268 g/mol. The minimum atomic E-state index is -4.64. The molecule has 0 spiro atoms. The molecule has 0 aliphatic carbocycles. The number of hydrogen-bond donors (Lipinski definition) is 3. The lowest BCUT2D eigenvalue weighted by Gasteiger charge is -1.82. The lowest BCUT2D eigenvalue weighted by atomic mass is 10.6. The molecular weight excluding hydrogens is 258 g/mol. The summed E-state index contributed by atoms with van der Waals surface area (Å²) < 4.78 is 9.69. The van der Waals surface area contributed by atoms with Gasteiger partial charge in [-0.1, -0.05) is 36.4 Å². The maximum Gasteiger partial charge on any atom is 0.466 e. The largest absolute Gasteiger partial charge is 0.466 e. The van der Waals surface area contributed by atoms with Crippen LogP contribution in [0.4, 0.5) is 0 Å². The summed E-state index contributed by atoms with van der Waals surface area (Å²) in [6.07, 6.45) is 0. The first kappa shape index (κ1) is 12.5. The van der Waals surface area contributed by atoms with E-state index in [0.29, 0.717) is 0 Å². The molecule has 6 heteroatoms. The normalized spacial score (nSPS) is 10.6. The molecule has 0 aliphatic heterocycles. The molecule has 4 nitrogen and oxygen atoms in total. The molecule has 0 radical (unpaired) electrons. The van der Waals surface area contributed by atoms with Crippen molar-refractivity contribution in [2.75, 3.05) is 0 Å². The molecule has 58 valence electrons. The molecule has 0 bridgehead atoms. The molecule has 0 saturated heterocycles. The van der Waals surface area contributed by atoms with Crippen LogP contribution in [0.2, 0.25) is 0 Å². The second kappa shape index (κ2) is 5.61. The van der Waals surface area contributed by atoms with Gasteiger partial charge in [-0.2, -0.15) is 0 Å². The van der Waals surface area contributed by atoms with E-state index >= 15 is 0 Å². The van der Waals surface area contributed by atoms with Gasteiger partial charge in [-0.25, -0.2) is 4.57 Å². The molecule has 0 amide bonds. The summed E-state index contributed by atoms with van der Waals surface area (Å²) >= 11 is 2.34. The van der Waals surface area contributed by atoms with Gasteiger partial charge in [0.15, 0.2) is 0 Å². The third-order valence-corrected chi connectivity index (χ3v) is 0. The Morgan fingerprint density at radius 3 is 1.33 bits per heavy atom. The van der Waals surface area contributed by atoms with Gasteiger partial charge in [-0.3, -0.25) is 0 Å². The van der Waals surface area contributed by atoms with Crippen LogP contribution in [0.5, 0.6) is 0 Å². The van der Waals surface area contributed by atoms with Gasteiger partial charge in [-0.15, -0.1) is 0 Å². The summed E-state index contributed by atoms with van der Waals surface area (Å²) in [4.78, 5) is 21.6. The highest BCUT2D eigenvalue weighted by atomic mass is 127. The van der Waals surface area contributed by atoms with Crippen LogP contribution in [0.1, 0.15) is 13.8 Å².